The number of thioether (sulfide) groups is 1. The number of rotatable bonds is 7. The predicted molar refractivity (Wildman–Crippen MR) is 68.0 cm³/mol. The van der Waals surface area contributed by atoms with Crippen molar-refractivity contribution < 1.29 is 4.79 Å². The number of nitrogens with zero attached hydrogens (tertiary/aromatic N) is 1. The highest BCUT2D eigenvalue weighted by atomic mass is 32.2. The van der Waals surface area contributed by atoms with Gasteiger partial charge in [0.25, 0.3) is 0 Å². The van der Waals surface area contributed by atoms with Gasteiger partial charge in [-0.25, -0.2) is 0 Å². The molecule has 5 heteroatoms. The first-order valence-corrected chi connectivity index (χ1v) is 6.61. The summed E-state index contributed by atoms with van der Waals surface area (Å²) in [5, 5.41) is 11.8. The first kappa shape index (κ1) is 15.3. The van der Waals surface area contributed by atoms with Crippen LogP contribution in [0.15, 0.2) is 0 Å². The second-order valence-electron chi connectivity index (χ2n) is 4.21. The Bertz CT molecular complexity index is 262. The first-order chi connectivity index (χ1) is 7.46. The molecule has 0 aromatic rings. The van der Waals surface area contributed by atoms with Crippen LogP contribution in [0.25, 0.3) is 0 Å². The van der Waals surface area contributed by atoms with Gasteiger partial charge in [0.05, 0.1) is 11.8 Å². The Kier molecular flexibility index (Phi) is 7.18. The predicted octanol–water partition coefficient (Wildman–Crippen LogP) is 1.12. The fourth-order valence-electron chi connectivity index (χ4n) is 0.977. The lowest BCUT2D eigenvalue weighted by atomic mass is 9.90. The monoisotopic (exact) mass is 243 g/mol. The maximum atomic E-state index is 11.6. The van der Waals surface area contributed by atoms with Crippen LogP contribution in [0.1, 0.15) is 27.2 Å². The lowest BCUT2D eigenvalue weighted by Gasteiger charge is -2.27. The summed E-state index contributed by atoms with van der Waals surface area (Å²) in [5.74, 6) is 1.29. The van der Waals surface area contributed by atoms with Crippen LogP contribution >= 0.6 is 11.8 Å². The summed E-state index contributed by atoms with van der Waals surface area (Å²) in [7, 11) is 0. The van der Waals surface area contributed by atoms with Gasteiger partial charge in [-0.2, -0.15) is 17.0 Å². The minimum Gasteiger partial charge on any atom is -0.337 e. The summed E-state index contributed by atoms with van der Waals surface area (Å²) in [5.41, 5.74) is 4.58. The molecule has 0 fully saturated rings. The first-order valence-electron chi connectivity index (χ1n) is 5.46. The molecule has 4 nitrogen and oxygen atoms in total. The molecule has 0 bridgehead atoms. The summed E-state index contributed by atoms with van der Waals surface area (Å²) in [6, 6.07) is 2.15. The minimum atomic E-state index is -0.772. The van der Waals surface area contributed by atoms with Gasteiger partial charge in [-0.1, -0.05) is 13.8 Å². The molecular formula is C11H21N3OS. The Morgan fingerprint density at radius 1 is 1.62 bits per heavy atom. The molecule has 0 saturated heterocycles. The molecule has 1 unspecified atom stereocenters. The Balaban J connectivity index is 3.99. The van der Waals surface area contributed by atoms with Crippen molar-refractivity contribution >= 4 is 17.7 Å². The average Bonchev–Trinajstić information content (AvgIpc) is 2.24. The van der Waals surface area contributed by atoms with E-state index in [0.717, 1.165) is 12.2 Å². The fourth-order valence-corrected chi connectivity index (χ4v) is 1.75. The highest BCUT2D eigenvalue weighted by Crippen LogP contribution is 2.15. The Hall–Kier alpha value is -0.730. The van der Waals surface area contributed by atoms with Crippen molar-refractivity contribution in [3.8, 4) is 6.07 Å². The second kappa shape index (κ2) is 7.53. The van der Waals surface area contributed by atoms with Gasteiger partial charge in [0.1, 0.15) is 5.54 Å². The van der Waals surface area contributed by atoms with Gasteiger partial charge in [-0.3, -0.25) is 4.79 Å². The molecule has 0 aromatic carbocycles. The summed E-state index contributed by atoms with van der Waals surface area (Å²) in [4.78, 5) is 11.6. The molecule has 0 saturated carbocycles. The van der Waals surface area contributed by atoms with E-state index in [1.54, 1.807) is 18.7 Å². The molecule has 0 aliphatic heterocycles. The third kappa shape index (κ3) is 5.38. The average molecular weight is 243 g/mol. The Labute approximate surface area is 102 Å². The van der Waals surface area contributed by atoms with Crippen molar-refractivity contribution in [1.82, 2.24) is 5.32 Å². The molecule has 1 amide bonds. The molecule has 0 spiro atoms. The van der Waals surface area contributed by atoms with E-state index in [-0.39, 0.29) is 11.8 Å². The van der Waals surface area contributed by atoms with Crippen LogP contribution in [0.2, 0.25) is 0 Å². The van der Waals surface area contributed by atoms with Crippen molar-refractivity contribution in [3.05, 3.63) is 0 Å². The van der Waals surface area contributed by atoms with E-state index in [0.29, 0.717) is 12.3 Å². The quantitative estimate of drug-likeness (QED) is 0.657. The van der Waals surface area contributed by atoms with Crippen molar-refractivity contribution in [3.63, 3.8) is 0 Å². The molecule has 0 rings (SSSR count). The van der Waals surface area contributed by atoms with Crippen LogP contribution in [0.5, 0.6) is 0 Å². The van der Waals surface area contributed by atoms with Gasteiger partial charge >= 0.3 is 0 Å². The fraction of sp³-hybridized carbons (Fsp3) is 0.818. The van der Waals surface area contributed by atoms with Crippen molar-refractivity contribution in [1.29, 1.82) is 5.26 Å². The molecule has 16 heavy (non-hydrogen) atoms. The zero-order chi connectivity index (χ0) is 12.6. The molecule has 0 aromatic heterocycles. The van der Waals surface area contributed by atoms with Crippen LogP contribution in [0.3, 0.4) is 0 Å². The van der Waals surface area contributed by atoms with E-state index < -0.39 is 5.54 Å². The number of hydrogen-bond donors (Lipinski definition) is 2. The van der Waals surface area contributed by atoms with E-state index in [9.17, 15) is 4.79 Å². The van der Waals surface area contributed by atoms with E-state index in [4.69, 9.17) is 11.0 Å². The second-order valence-corrected chi connectivity index (χ2v) is 5.32. The molecular weight excluding hydrogens is 222 g/mol. The normalized spacial score (nSPS) is 14.2. The molecule has 92 valence electrons. The number of amides is 1. The van der Waals surface area contributed by atoms with E-state index in [2.05, 4.69) is 11.4 Å². The topological polar surface area (TPSA) is 78.9 Å². The number of carbonyl (C=O) groups excluding carboxylic acids is 1. The van der Waals surface area contributed by atoms with Crippen molar-refractivity contribution in [2.24, 2.45) is 11.7 Å². The molecule has 0 aliphatic carbocycles. The number of carbonyl (C=O) groups is 1. The van der Waals surface area contributed by atoms with Crippen LogP contribution in [-0.2, 0) is 4.79 Å². The van der Waals surface area contributed by atoms with Gasteiger partial charge in [-0.15, -0.1) is 0 Å². The molecule has 3 N–H and O–H groups in total. The minimum absolute atomic E-state index is 0.0835. The van der Waals surface area contributed by atoms with Crippen molar-refractivity contribution in [2.75, 3.05) is 18.1 Å². The maximum Gasteiger partial charge on any atom is 0.231 e. The SMILES string of the molecule is CC(C)C(C)(C#N)NC(=O)CSCCCN. The van der Waals surface area contributed by atoms with E-state index in [1.165, 1.54) is 0 Å². The number of nitrogens with two attached hydrogens (primary N) is 1. The molecule has 0 radical (unpaired) electrons. The van der Waals surface area contributed by atoms with Gasteiger partial charge in [0, 0.05) is 0 Å². The third-order valence-corrected chi connectivity index (χ3v) is 3.56. The maximum absolute atomic E-state index is 11.6. The lowest BCUT2D eigenvalue weighted by Crippen LogP contribution is -2.49. The summed E-state index contributed by atoms with van der Waals surface area (Å²) in [6.07, 6.45) is 0.914. The van der Waals surface area contributed by atoms with Crippen LogP contribution in [-0.4, -0.2) is 29.5 Å². The number of nitrogens with one attached hydrogen (secondary N) is 1. The van der Waals surface area contributed by atoms with Gasteiger partial charge < -0.3 is 11.1 Å². The Morgan fingerprint density at radius 2 is 2.25 bits per heavy atom. The highest BCUT2D eigenvalue weighted by molar-refractivity contribution is 7.99. The van der Waals surface area contributed by atoms with Crippen molar-refractivity contribution in [2.45, 2.75) is 32.7 Å². The van der Waals surface area contributed by atoms with E-state index in [1.807, 2.05) is 13.8 Å². The van der Waals surface area contributed by atoms with E-state index >= 15 is 0 Å². The lowest BCUT2D eigenvalue weighted by molar-refractivity contribution is -0.120. The highest BCUT2D eigenvalue weighted by Gasteiger charge is 2.29. The molecule has 1 atom stereocenters. The molecule has 0 aliphatic rings. The zero-order valence-corrected chi connectivity index (χ0v) is 11.1. The van der Waals surface area contributed by atoms with Crippen LogP contribution < -0.4 is 11.1 Å². The Morgan fingerprint density at radius 3 is 2.69 bits per heavy atom. The zero-order valence-electron chi connectivity index (χ0n) is 10.2. The largest absolute Gasteiger partial charge is 0.337 e. The van der Waals surface area contributed by atoms with Gasteiger partial charge in [0.2, 0.25) is 5.91 Å². The summed E-state index contributed by atoms with van der Waals surface area (Å²) < 4.78 is 0. The standard InChI is InChI=1S/C11H21N3OS/c1-9(2)11(3,8-13)14-10(15)7-16-6-4-5-12/h9H,4-7,12H2,1-3H3,(H,14,15). The van der Waals surface area contributed by atoms with Gasteiger partial charge in [-0.05, 0) is 31.6 Å². The summed E-state index contributed by atoms with van der Waals surface area (Å²) >= 11 is 1.55. The summed E-state index contributed by atoms with van der Waals surface area (Å²) in [6.45, 7) is 6.24. The smallest absolute Gasteiger partial charge is 0.231 e. The van der Waals surface area contributed by atoms with Crippen LogP contribution in [0, 0.1) is 17.2 Å². The van der Waals surface area contributed by atoms with Gasteiger partial charge in [0.15, 0.2) is 0 Å². The number of hydrogen-bond acceptors (Lipinski definition) is 4. The third-order valence-electron chi connectivity index (χ3n) is 2.51. The van der Waals surface area contributed by atoms with Crippen LogP contribution in [0.4, 0.5) is 0 Å². The number of nitriles is 1. The molecule has 0 heterocycles.